The molecule has 1 saturated heterocycles. The average molecular weight is 296 g/mol. The zero-order chi connectivity index (χ0) is 14.4. The number of aromatic nitrogens is 2. The van der Waals surface area contributed by atoms with Gasteiger partial charge in [0, 0.05) is 36.8 Å². The fourth-order valence-electron chi connectivity index (χ4n) is 2.37. The summed E-state index contributed by atoms with van der Waals surface area (Å²) in [6.07, 6.45) is 6.15. The molecular formula is C14H24N4OS. The summed E-state index contributed by atoms with van der Waals surface area (Å²) in [6.45, 7) is 6.56. The zero-order valence-corrected chi connectivity index (χ0v) is 13.1. The van der Waals surface area contributed by atoms with Crippen molar-refractivity contribution >= 4 is 17.8 Å². The molecule has 2 rings (SSSR count). The van der Waals surface area contributed by atoms with Crippen molar-refractivity contribution in [2.75, 3.05) is 18.8 Å². The van der Waals surface area contributed by atoms with Crippen molar-refractivity contribution in [1.29, 1.82) is 0 Å². The molecule has 1 aliphatic heterocycles. The van der Waals surface area contributed by atoms with Gasteiger partial charge in [-0.15, -0.1) is 0 Å². The molecule has 0 spiro atoms. The van der Waals surface area contributed by atoms with E-state index < -0.39 is 0 Å². The minimum absolute atomic E-state index is 0.0639. The number of nitrogens with one attached hydrogen (secondary N) is 2. The van der Waals surface area contributed by atoms with E-state index in [2.05, 4.69) is 29.6 Å². The second-order valence-corrected chi connectivity index (χ2v) is 7.48. The fourth-order valence-corrected chi connectivity index (χ4v) is 3.61. The van der Waals surface area contributed by atoms with Crippen LogP contribution in [0.4, 0.5) is 4.79 Å². The Kier molecular flexibility index (Phi) is 5.34. The number of carbonyl (C=O) groups excluding carboxylic acids is 1. The smallest absolute Gasteiger partial charge is 0.314 e. The van der Waals surface area contributed by atoms with Gasteiger partial charge in [-0.1, -0.05) is 6.92 Å². The molecule has 0 bridgehead atoms. The van der Waals surface area contributed by atoms with Gasteiger partial charge < -0.3 is 10.6 Å². The molecule has 2 atom stereocenters. The van der Waals surface area contributed by atoms with Gasteiger partial charge >= 0.3 is 6.03 Å². The Bertz CT molecular complexity index is 415. The van der Waals surface area contributed by atoms with Gasteiger partial charge in [-0.3, -0.25) is 4.68 Å². The molecule has 0 aliphatic carbocycles. The molecule has 112 valence electrons. The van der Waals surface area contributed by atoms with Crippen molar-refractivity contribution in [3.05, 3.63) is 18.5 Å². The van der Waals surface area contributed by atoms with Crippen molar-refractivity contribution in [2.24, 2.45) is 5.92 Å². The number of carbonyl (C=O) groups is 1. The minimum atomic E-state index is -0.0639. The zero-order valence-electron chi connectivity index (χ0n) is 12.3. The number of urea groups is 1. The summed E-state index contributed by atoms with van der Waals surface area (Å²) in [5.74, 6) is 1.57. The van der Waals surface area contributed by atoms with Crippen LogP contribution in [-0.2, 0) is 6.54 Å². The lowest BCUT2D eigenvalue weighted by Crippen LogP contribution is -2.43. The summed E-state index contributed by atoms with van der Waals surface area (Å²) >= 11 is 1.96. The summed E-state index contributed by atoms with van der Waals surface area (Å²) < 4.78 is 2.11. The van der Waals surface area contributed by atoms with Gasteiger partial charge in [0.25, 0.3) is 0 Å². The van der Waals surface area contributed by atoms with E-state index in [-0.39, 0.29) is 10.8 Å². The molecule has 1 aromatic heterocycles. The highest BCUT2D eigenvalue weighted by Crippen LogP contribution is 2.36. The van der Waals surface area contributed by atoms with Gasteiger partial charge in [-0.05, 0) is 37.5 Å². The highest BCUT2D eigenvalue weighted by Gasteiger charge is 2.29. The second kappa shape index (κ2) is 7.02. The normalized spacial score (nSPS) is 23.5. The van der Waals surface area contributed by atoms with Crippen molar-refractivity contribution in [1.82, 2.24) is 20.4 Å². The molecule has 1 aliphatic rings. The molecule has 0 unspecified atom stereocenters. The van der Waals surface area contributed by atoms with Gasteiger partial charge in [-0.2, -0.15) is 16.9 Å². The number of rotatable bonds is 6. The molecule has 0 aromatic carbocycles. The van der Waals surface area contributed by atoms with Crippen molar-refractivity contribution in [2.45, 2.75) is 38.0 Å². The maximum absolute atomic E-state index is 11.8. The first-order chi connectivity index (χ1) is 9.57. The highest BCUT2D eigenvalue weighted by atomic mass is 32.2. The summed E-state index contributed by atoms with van der Waals surface area (Å²) in [5, 5.41) is 10.1. The molecule has 5 nitrogen and oxygen atoms in total. The molecule has 1 fully saturated rings. The molecule has 0 saturated carbocycles. The molecule has 6 heteroatoms. The van der Waals surface area contributed by atoms with Crippen LogP contribution in [0.25, 0.3) is 0 Å². The molecular weight excluding hydrogens is 272 g/mol. The SMILES string of the molecule is C[C@@H](CNC(=O)NC[C@@]1(C)CCCS1)Cn1cccn1. The monoisotopic (exact) mass is 296 g/mol. The Labute approximate surface area is 124 Å². The maximum atomic E-state index is 11.8. The molecule has 20 heavy (non-hydrogen) atoms. The van der Waals surface area contributed by atoms with Crippen LogP contribution in [0, 0.1) is 5.92 Å². The van der Waals surface area contributed by atoms with Gasteiger partial charge in [0.2, 0.25) is 0 Å². The van der Waals surface area contributed by atoms with Crippen LogP contribution < -0.4 is 10.6 Å². The lowest BCUT2D eigenvalue weighted by atomic mass is 10.1. The van der Waals surface area contributed by atoms with Gasteiger partial charge in [0.1, 0.15) is 0 Å². The van der Waals surface area contributed by atoms with Crippen molar-refractivity contribution in [3.8, 4) is 0 Å². The van der Waals surface area contributed by atoms with Crippen molar-refractivity contribution < 1.29 is 4.79 Å². The Balaban J connectivity index is 1.62. The number of thioether (sulfide) groups is 1. The van der Waals surface area contributed by atoms with Gasteiger partial charge in [-0.25, -0.2) is 4.79 Å². The van der Waals surface area contributed by atoms with Crippen LogP contribution in [0.1, 0.15) is 26.7 Å². The van der Waals surface area contributed by atoms with E-state index in [4.69, 9.17) is 0 Å². The number of hydrogen-bond donors (Lipinski definition) is 2. The van der Waals surface area contributed by atoms with E-state index in [9.17, 15) is 4.79 Å². The maximum Gasteiger partial charge on any atom is 0.314 e. The van der Waals surface area contributed by atoms with E-state index >= 15 is 0 Å². The topological polar surface area (TPSA) is 59.0 Å². The van der Waals surface area contributed by atoms with E-state index in [1.54, 1.807) is 6.20 Å². The predicted molar refractivity (Wildman–Crippen MR) is 82.9 cm³/mol. The summed E-state index contributed by atoms with van der Waals surface area (Å²) in [7, 11) is 0. The van der Waals surface area contributed by atoms with Gasteiger partial charge in [0.05, 0.1) is 0 Å². The molecule has 2 amide bonds. The third-order valence-corrected chi connectivity index (χ3v) is 5.13. The fraction of sp³-hybridized carbons (Fsp3) is 0.714. The average Bonchev–Trinajstić information content (AvgIpc) is 3.06. The van der Waals surface area contributed by atoms with E-state index in [0.717, 1.165) is 13.1 Å². The first-order valence-corrected chi connectivity index (χ1v) is 8.19. The molecule has 1 aromatic rings. The molecule has 2 heterocycles. The van der Waals surface area contributed by atoms with Crippen LogP contribution in [-0.4, -0.2) is 39.4 Å². The third kappa shape index (κ3) is 4.74. The van der Waals surface area contributed by atoms with Crippen LogP contribution >= 0.6 is 11.8 Å². The Morgan fingerprint density at radius 2 is 2.40 bits per heavy atom. The standard InChI is InChI=1S/C14H24N4OS/c1-12(10-18-7-4-6-17-18)9-15-13(19)16-11-14(2)5-3-8-20-14/h4,6-7,12H,3,5,8-11H2,1-2H3,(H2,15,16,19)/t12-,14+/m0/s1. The number of nitrogens with zero attached hydrogens (tertiary/aromatic N) is 2. The predicted octanol–water partition coefficient (Wildman–Crippen LogP) is 2.10. The number of hydrogen-bond acceptors (Lipinski definition) is 3. The minimum Gasteiger partial charge on any atom is -0.338 e. The van der Waals surface area contributed by atoms with Crippen LogP contribution in [0.2, 0.25) is 0 Å². The van der Waals surface area contributed by atoms with Crippen LogP contribution in [0.5, 0.6) is 0 Å². The highest BCUT2D eigenvalue weighted by molar-refractivity contribution is 8.00. The van der Waals surface area contributed by atoms with Crippen LogP contribution in [0.3, 0.4) is 0 Å². The van der Waals surface area contributed by atoms with Crippen molar-refractivity contribution in [3.63, 3.8) is 0 Å². The van der Waals surface area contributed by atoms with Crippen LogP contribution in [0.15, 0.2) is 18.5 Å². The lowest BCUT2D eigenvalue weighted by Gasteiger charge is -2.23. The molecule has 0 radical (unpaired) electrons. The summed E-state index contributed by atoms with van der Waals surface area (Å²) in [5.41, 5.74) is 0. The second-order valence-electron chi connectivity index (χ2n) is 5.80. The Morgan fingerprint density at radius 1 is 1.55 bits per heavy atom. The number of amides is 2. The summed E-state index contributed by atoms with van der Waals surface area (Å²) in [6, 6.07) is 1.85. The third-order valence-electron chi connectivity index (χ3n) is 3.59. The van der Waals surface area contributed by atoms with E-state index in [0.29, 0.717) is 12.5 Å². The van der Waals surface area contributed by atoms with E-state index in [1.807, 2.05) is 28.7 Å². The first kappa shape index (κ1) is 15.2. The Hall–Kier alpha value is -1.17. The Morgan fingerprint density at radius 3 is 3.05 bits per heavy atom. The largest absolute Gasteiger partial charge is 0.338 e. The van der Waals surface area contributed by atoms with E-state index in [1.165, 1.54) is 18.6 Å². The molecule has 2 N–H and O–H groups in total. The first-order valence-electron chi connectivity index (χ1n) is 7.20. The quantitative estimate of drug-likeness (QED) is 0.845. The van der Waals surface area contributed by atoms with Gasteiger partial charge in [0.15, 0.2) is 0 Å². The lowest BCUT2D eigenvalue weighted by molar-refractivity contribution is 0.237. The summed E-state index contributed by atoms with van der Waals surface area (Å²) in [4.78, 5) is 11.8.